The predicted molar refractivity (Wildman–Crippen MR) is 52.0 cm³/mol. The minimum Gasteiger partial charge on any atom is -0.509 e. The fraction of sp³-hybridized carbons (Fsp3) is 0. The summed E-state index contributed by atoms with van der Waals surface area (Å²) in [6.45, 7) is 6.75. The molecule has 5 N–H and O–H groups in total. The Kier molecular flexibility index (Phi) is 2.77. The third-order valence-electron chi connectivity index (χ3n) is 1.38. The van der Waals surface area contributed by atoms with Gasteiger partial charge in [0.05, 0.1) is 6.57 Å². The zero-order chi connectivity index (χ0) is 10.8. The van der Waals surface area contributed by atoms with Crippen molar-refractivity contribution >= 4 is 19.0 Å². The number of phenolic OH excluding ortho intramolecular Hbond substituents is 1. The molecule has 0 fully saturated rings. The molecule has 74 valence electrons. The molecule has 1 rings (SSSR count). The number of phenols is 1. The lowest BCUT2D eigenvalue weighted by Gasteiger charge is -2.10. The molecule has 6 nitrogen and oxygen atoms in total. The molecule has 0 saturated carbocycles. The molecule has 1 unspecified atom stereocenters. The maximum absolute atomic E-state index is 10.8. The molecule has 0 heterocycles. The van der Waals surface area contributed by atoms with Gasteiger partial charge in [0, 0.05) is 5.69 Å². The van der Waals surface area contributed by atoms with Crippen LogP contribution in [-0.4, -0.2) is 10.00 Å². The molecule has 1 atom stereocenters. The van der Waals surface area contributed by atoms with E-state index in [1.165, 1.54) is 18.2 Å². The van der Waals surface area contributed by atoms with E-state index in [4.69, 9.17) is 22.1 Å². The Balaban J connectivity index is 3.11. The Morgan fingerprint density at radius 1 is 1.57 bits per heavy atom. The first-order valence-corrected chi connectivity index (χ1v) is 5.25. The van der Waals surface area contributed by atoms with Gasteiger partial charge in [0.2, 0.25) is 5.69 Å². The third kappa shape index (κ3) is 2.75. The molecular formula is C7H8N3O3P. The van der Waals surface area contributed by atoms with Gasteiger partial charge < -0.3 is 15.1 Å². The fourth-order valence-electron chi connectivity index (χ4n) is 0.880. The highest BCUT2D eigenvalue weighted by atomic mass is 31.2. The number of aromatic hydroxyl groups is 1. The fourth-order valence-corrected chi connectivity index (χ4v) is 1.41. The molecule has 0 aliphatic carbocycles. The van der Waals surface area contributed by atoms with Crippen LogP contribution in [0.3, 0.4) is 0 Å². The van der Waals surface area contributed by atoms with E-state index in [2.05, 4.69) is 9.93 Å². The second-order valence-corrected chi connectivity index (χ2v) is 4.02. The van der Waals surface area contributed by atoms with Crippen molar-refractivity contribution in [2.45, 2.75) is 0 Å². The highest BCUT2D eigenvalue weighted by molar-refractivity contribution is 7.57. The molecule has 14 heavy (non-hydrogen) atoms. The summed E-state index contributed by atoms with van der Waals surface area (Å²) in [6.07, 6.45) is 0. The SMILES string of the molecule is [C-]#[N+]c1cc(O)ccc1NP(N)(=O)O. The van der Waals surface area contributed by atoms with Crippen LogP contribution in [0.1, 0.15) is 0 Å². The molecule has 0 aromatic heterocycles. The Bertz CT molecular complexity index is 434. The van der Waals surface area contributed by atoms with Gasteiger partial charge in [-0.25, -0.2) is 14.9 Å². The van der Waals surface area contributed by atoms with Gasteiger partial charge in [0.25, 0.3) is 0 Å². The van der Waals surface area contributed by atoms with E-state index < -0.39 is 7.67 Å². The first kappa shape index (κ1) is 10.5. The van der Waals surface area contributed by atoms with E-state index in [1.807, 2.05) is 0 Å². The van der Waals surface area contributed by atoms with Crippen molar-refractivity contribution in [2.75, 3.05) is 5.09 Å². The van der Waals surface area contributed by atoms with Crippen LogP contribution in [-0.2, 0) is 4.57 Å². The number of anilines is 1. The van der Waals surface area contributed by atoms with E-state index in [0.29, 0.717) is 0 Å². The number of rotatable bonds is 2. The van der Waals surface area contributed by atoms with Crippen LogP contribution in [0.2, 0.25) is 0 Å². The highest BCUT2D eigenvalue weighted by Gasteiger charge is 2.13. The minimum absolute atomic E-state index is 0.0322. The quantitative estimate of drug-likeness (QED) is 0.338. The largest absolute Gasteiger partial charge is 0.509 e. The molecule has 0 aliphatic heterocycles. The van der Waals surface area contributed by atoms with Crippen molar-refractivity contribution in [3.05, 3.63) is 29.6 Å². The van der Waals surface area contributed by atoms with Crippen molar-refractivity contribution < 1.29 is 14.6 Å². The summed E-state index contributed by atoms with van der Waals surface area (Å²) in [4.78, 5) is 11.9. The van der Waals surface area contributed by atoms with E-state index in [1.54, 1.807) is 0 Å². The average Bonchev–Trinajstić information content (AvgIpc) is 2.06. The van der Waals surface area contributed by atoms with Crippen molar-refractivity contribution in [1.29, 1.82) is 0 Å². The number of benzene rings is 1. The molecule has 0 spiro atoms. The average molecular weight is 213 g/mol. The van der Waals surface area contributed by atoms with Gasteiger partial charge in [0.1, 0.15) is 5.75 Å². The van der Waals surface area contributed by atoms with Crippen LogP contribution in [0.4, 0.5) is 11.4 Å². The second-order valence-electron chi connectivity index (χ2n) is 2.55. The second kappa shape index (κ2) is 3.68. The number of nitrogens with one attached hydrogen (secondary N) is 1. The zero-order valence-corrected chi connectivity index (χ0v) is 7.90. The number of hydrogen-bond donors (Lipinski definition) is 4. The van der Waals surface area contributed by atoms with Gasteiger partial charge >= 0.3 is 7.67 Å². The third-order valence-corrected chi connectivity index (χ3v) is 1.94. The first-order valence-electron chi connectivity index (χ1n) is 3.52. The minimum atomic E-state index is -3.92. The first-order chi connectivity index (χ1) is 6.42. The normalized spacial score (nSPS) is 14.1. The topological polar surface area (TPSA) is 99.9 Å². The lowest BCUT2D eigenvalue weighted by molar-refractivity contribution is 0.475. The molecule has 0 radical (unpaired) electrons. The Labute approximate surface area is 80.4 Å². The monoisotopic (exact) mass is 213 g/mol. The van der Waals surface area contributed by atoms with Crippen molar-refractivity contribution in [3.63, 3.8) is 0 Å². The molecule has 0 saturated heterocycles. The van der Waals surface area contributed by atoms with Gasteiger partial charge in [-0.1, -0.05) is 0 Å². The summed E-state index contributed by atoms with van der Waals surface area (Å²) in [6, 6.07) is 3.76. The number of nitrogens with two attached hydrogens (primary N) is 1. The summed E-state index contributed by atoms with van der Waals surface area (Å²) in [7, 11) is -3.92. The summed E-state index contributed by atoms with van der Waals surface area (Å²) in [5.41, 5.74) is 5.01. The van der Waals surface area contributed by atoms with E-state index >= 15 is 0 Å². The van der Waals surface area contributed by atoms with E-state index in [9.17, 15) is 4.57 Å². The van der Waals surface area contributed by atoms with Crippen LogP contribution in [0.15, 0.2) is 18.2 Å². The lowest BCUT2D eigenvalue weighted by Crippen LogP contribution is -2.03. The van der Waals surface area contributed by atoms with Crippen molar-refractivity contribution in [3.8, 4) is 5.75 Å². The van der Waals surface area contributed by atoms with Gasteiger partial charge in [-0.2, -0.15) is 0 Å². The molecule has 0 aliphatic rings. The Morgan fingerprint density at radius 2 is 2.21 bits per heavy atom. The van der Waals surface area contributed by atoms with Crippen LogP contribution in [0, 0.1) is 6.57 Å². The van der Waals surface area contributed by atoms with Crippen LogP contribution >= 0.6 is 7.67 Å². The number of nitrogens with zero attached hydrogens (tertiary/aromatic N) is 1. The van der Waals surface area contributed by atoms with Gasteiger partial charge in [-0.3, -0.25) is 0 Å². The molecule has 7 heteroatoms. The maximum Gasteiger partial charge on any atom is 0.359 e. The van der Waals surface area contributed by atoms with Gasteiger partial charge in [-0.05, 0) is 18.2 Å². The van der Waals surface area contributed by atoms with Crippen molar-refractivity contribution in [1.82, 2.24) is 0 Å². The van der Waals surface area contributed by atoms with Crippen molar-refractivity contribution in [2.24, 2.45) is 5.50 Å². The Hall–Kier alpha value is -1.54. The van der Waals surface area contributed by atoms with E-state index in [-0.39, 0.29) is 17.1 Å². The molecular weight excluding hydrogens is 205 g/mol. The summed E-state index contributed by atoms with van der Waals surface area (Å²) in [5, 5.41) is 11.1. The number of hydrogen-bond acceptors (Lipinski definition) is 2. The lowest BCUT2D eigenvalue weighted by atomic mass is 10.2. The van der Waals surface area contributed by atoms with Gasteiger partial charge in [0.15, 0.2) is 0 Å². The van der Waals surface area contributed by atoms with Crippen LogP contribution in [0.5, 0.6) is 5.75 Å². The summed E-state index contributed by atoms with van der Waals surface area (Å²) >= 11 is 0. The van der Waals surface area contributed by atoms with Crippen LogP contribution in [0.25, 0.3) is 4.85 Å². The summed E-state index contributed by atoms with van der Waals surface area (Å²) < 4.78 is 10.8. The Morgan fingerprint density at radius 3 is 2.71 bits per heavy atom. The van der Waals surface area contributed by atoms with E-state index in [0.717, 1.165) is 0 Å². The highest BCUT2D eigenvalue weighted by Crippen LogP contribution is 2.38. The summed E-state index contributed by atoms with van der Waals surface area (Å²) in [5.74, 6) is -0.0913. The molecule has 1 aromatic rings. The maximum atomic E-state index is 10.8. The van der Waals surface area contributed by atoms with Crippen LogP contribution < -0.4 is 10.6 Å². The van der Waals surface area contributed by atoms with Gasteiger partial charge in [-0.15, -0.1) is 0 Å². The molecule has 0 bridgehead atoms. The smallest absolute Gasteiger partial charge is 0.359 e. The standard InChI is InChI=1S/C7H8N3O3P/c1-9-7-4-5(11)2-3-6(7)10-14(8,12)13/h2-4,11H,(H4,8,10,12,13). The molecule has 0 amide bonds. The predicted octanol–water partition coefficient (Wildman–Crippen LogP) is 1.41. The molecule has 1 aromatic carbocycles. The zero-order valence-electron chi connectivity index (χ0n) is 7.01.